The molecule has 12 heteroatoms. The lowest BCUT2D eigenvalue weighted by Crippen LogP contribution is -2.47. The number of amides is 2. The van der Waals surface area contributed by atoms with Gasteiger partial charge in [0.1, 0.15) is 12.0 Å². The van der Waals surface area contributed by atoms with Crippen LogP contribution in [0.25, 0.3) is 22.3 Å². The molecule has 1 saturated heterocycles. The zero-order valence-electron chi connectivity index (χ0n) is 27.6. The number of rotatable bonds is 9. The summed E-state index contributed by atoms with van der Waals surface area (Å²) in [5.41, 5.74) is 3.32. The van der Waals surface area contributed by atoms with E-state index in [9.17, 15) is 35.9 Å². The first-order valence-corrected chi connectivity index (χ1v) is 17.9. The highest BCUT2D eigenvalue weighted by Gasteiger charge is 2.49. The third-order valence-electron chi connectivity index (χ3n) is 9.21. The van der Waals surface area contributed by atoms with Gasteiger partial charge in [0.05, 0.1) is 5.56 Å². The Bertz CT molecular complexity index is 1760. The van der Waals surface area contributed by atoms with Crippen molar-refractivity contribution in [1.82, 2.24) is 16.0 Å². The van der Waals surface area contributed by atoms with Crippen LogP contribution in [-0.4, -0.2) is 49.0 Å². The number of carbonyl (C=O) groups excluding carboxylic acids is 2. The summed E-state index contributed by atoms with van der Waals surface area (Å²) >= 11 is 3.38. The van der Waals surface area contributed by atoms with Crippen molar-refractivity contribution < 1.29 is 35.9 Å². The Kier molecular flexibility index (Phi) is 12.3. The molecule has 4 aromatic rings. The monoisotopic (exact) mass is 773 g/mol. The Hall–Kier alpha value is -4.16. The highest BCUT2D eigenvalue weighted by molar-refractivity contribution is 9.09. The Morgan fingerprint density at radius 1 is 0.745 bits per heavy atom. The normalized spacial score (nSPS) is 15.2. The van der Waals surface area contributed by atoms with Crippen LogP contribution in [-0.2, 0) is 16.4 Å². The van der Waals surface area contributed by atoms with Crippen molar-refractivity contribution in [2.75, 3.05) is 25.0 Å². The average molecular weight is 775 g/mol. The number of unbranched alkanes of at least 4 members (excludes halogenated alkanes) is 1. The molecule has 6 rings (SSSR count). The summed E-state index contributed by atoms with van der Waals surface area (Å²) in [6.45, 7) is 0.410. The maximum absolute atomic E-state index is 13.1. The molecule has 0 unspecified atom stereocenters. The Balaban J connectivity index is 0.000000198. The Morgan fingerprint density at radius 2 is 1.29 bits per heavy atom. The molecule has 0 aromatic heterocycles. The van der Waals surface area contributed by atoms with E-state index in [1.807, 2.05) is 48.5 Å². The zero-order valence-corrected chi connectivity index (χ0v) is 29.2. The second-order valence-electron chi connectivity index (χ2n) is 12.6. The number of hydrogen-bond acceptors (Lipinski definition) is 3. The van der Waals surface area contributed by atoms with Crippen LogP contribution in [0.2, 0.25) is 0 Å². The number of carbonyl (C=O) groups is 2. The summed E-state index contributed by atoms with van der Waals surface area (Å²) in [5, 5.41) is 9.19. The molecule has 2 amide bonds. The number of fused-ring (bicyclic) bond motifs is 3. The molecular formula is C39H38BrF6N3O2. The predicted octanol–water partition coefficient (Wildman–Crippen LogP) is 9.05. The summed E-state index contributed by atoms with van der Waals surface area (Å²) in [4.78, 5) is 25.7. The van der Waals surface area contributed by atoms with Crippen LogP contribution in [0.5, 0.6) is 0 Å². The van der Waals surface area contributed by atoms with E-state index in [1.54, 1.807) is 24.3 Å². The van der Waals surface area contributed by atoms with Gasteiger partial charge in [0.2, 0.25) is 5.91 Å². The molecule has 0 spiro atoms. The molecular weight excluding hydrogens is 736 g/mol. The maximum Gasteiger partial charge on any atom is 0.416 e. The lowest BCUT2D eigenvalue weighted by molar-refractivity contribution is -0.141. The van der Waals surface area contributed by atoms with Crippen molar-refractivity contribution in [1.29, 1.82) is 0 Å². The molecule has 0 atom stereocenters. The minimum Gasteiger partial charge on any atom is -0.349 e. The second-order valence-corrected chi connectivity index (χ2v) is 13.4. The molecule has 1 fully saturated rings. The molecule has 2 aliphatic rings. The van der Waals surface area contributed by atoms with Crippen LogP contribution in [0.4, 0.5) is 26.3 Å². The van der Waals surface area contributed by atoms with Gasteiger partial charge in [0.15, 0.2) is 0 Å². The Morgan fingerprint density at radius 3 is 1.84 bits per heavy atom. The van der Waals surface area contributed by atoms with Crippen molar-refractivity contribution in [3.8, 4) is 22.3 Å². The fourth-order valence-corrected chi connectivity index (χ4v) is 7.17. The average Bonchev–Trinajstić information content (AvgIpc) is 3.41. The molecule has 0 bridgehead atoms. The fourth-order valence-electron chi connectivity index (χ4n) is 6.77. The van der Waals surface area contributed by atoms with Gasteiger partial charge >= 0.3 is 12.4 Å². The Labute approximate surface area is 301 Å². The largest absolute Gasteiger partial charge is 0.416 e. The van der Waals surface area contributed by atoms with Crippen LogP contribution in [0.15, 0.2) is 97.1 Å². The fraction of sp³-hybridized carbons (Fsp3) is 0.333. The van der Waals surface area contributed by atoms with Crippen molar-refractivity contribution in [2.24, 2.45) is 0 Å². The number of nitrogens with one attached hydrogen (secondary N) is 3. The second kappa shape index (κ2) is 16.5. The topological polar surface area (TPSA) is 70.2 Å². The third kappa shape index (κ3) is 9.02. The highest BCUT2D eigenvalue weighted by atomic mass is 79.9. The number of halogens is 7. The quantitative estimate of drug-likeness (QED) is 0.0904. The summed E-state index contributed by atoms with van der Waals surface area (Å²) in [6, 6.07) is 27.0. The van der Waals surface area contributed by atoms with Crippen molar-refractivity contribution >= 4 is 27.7 Å². The molecule has 0 saturated carbocycles. The standard InChI is InChI=1S/C20H19BrF3NO.C19H19F3N2O/c21-12-6-5-11-19(18(26)25-13-20(22,23)24)16-9-3-1-7-14(16)15-8-2-4-10-17(15)19;20-19(21,22)14-7-5-13(6-8-14)16-3-1-2-4-17(16)18(25)24-15-9-11-23-12-10-15/h1-4,7-10H,5-6,11-13H2,(H,25,26);1-8,15,23H,9-12H2,(H,24,25). The van der Waals surface area contributed by atoms with Crippen LogP contribution >= 0.6 is 15.9 Å². The van der Waals surface area contributed by atoms with Gasteiger partial charge in [-0.2, -0.15) is 26.3 Å². The molecule has 1 aliphatic heterocycles. The molecule has 270 valence electrons. The van der Waals surface area contributed by atoms with Gasteiger partial charge in [-0.05, 0) is 90.4 Å². The van der Waals surface area contributed by atoms with E-state index >= 15 is 0 Å². The van der Waals surface area contributed by atoms with E-state index in [2.05, 4.69) is 31.9 Å². The number of benzene rings is 4. The van der Waals surface area contributed by atoms with E-state index < -0.39 is 35.8 Å². The summed E-state index contributed by atoms with van der Waals surface area (Å²) in [5.74, 6) is -0.774. The molecule has 51 heavy (non-hydrogen) atoms. The van der Waals surface area contributed by atoms with Crippen molar-refractivity contribution in [2.45, 2.75) is 55.9 Å². The van der Waals surface area contributed by atoms with E-state index in [-0.39, 0.29) is 11.9 Å². The smallest absolute Gasteiger partial charge is 0.349 e. The summed E-state index contributed by atoms with van der Waals surface area (Å²) < 4.78 is 76.3. The lowest BCUT2D eigenvalue weighted by atomic mass is 9.73. The molecule has 3 N–H and O–H groups in total. The first-order valence-electron chi connectivity index (χ1n) is 16.7. The van der Waals surface area contributed by atoms with Crippen LogP contribution in [0, 0.1) is 0 Å². The summed E-state index contributed by atoms with van der Waals surface area (Å²) in [7, 11) is 0. The van der Waals surface area contributed by atoms with E-state index in [0.29, 0.717) is 23.1 Å². The van der Waals surface area contributed by atoms with Gasteiger partial charge < -0.3 is 16.0 Å². The lowest BCUT2D eigenvalue weighted by Gasteiger charge is -2.31. The number of piperidine rings is 1. The van der Waals surface area contributed by atoms with E-state index in [4.69, 9.17) is 0 Å². The van der Waals surface area contributed by atoms with Gasteiger partial charge in [-0.1, -0.05) is 101 Å². The molecule has 1 aliphatic carbocycles. The highest BCUT2D eigenvalue weighted by Crippen LogP contribution is 2.51. The summed E-state index contributed by atoms with van der Waals surface area (Å²) in [6.07, 6.45) is -5.03. The van der Waals surface area contributed by atoms with Gasteiger partial charge in [-0.15, -0.1) is 0 Å². The van der Waals surface area contributed by atoms with Gasteiger partial charge in [0.25, 0.3) is 5.91 Å². The van der Waals surface area contributed by atoms with Gasteiger partial charge in [0, 0.05) is 16.9 Å². The van der Waals surface area contributed by atoms with Crippen molar-refractivity contribution in [3.05, 3.63) is 119 Å². The van der Waals surface area contributed by atoms with Crippen molar-refractivity contribution in [3.63, 3.8) is 0 Å². The van der Waals surface area contributed by atoms with Crippen LogP contribution in [0.1, 0.15) is 59.2 Å². The molecule has 4 aromatic carbocycles. The van der Waals surface area contributed by atoms with E-state index in [1.165, 1.54) is 12.1 Å². The molecule has 5 nitrogen and oxygen atoms in total. The van der Waals surface area contributed by atoms with Crippen LogP contribution < -0.4 is 16.0 Å². The SMILES string of the molecule is O=C(NC1CCNCC1)c1ccccc1-c1ccc(C(F)(F)F)cc1.O=C(NCC(F)(F)F)C1(CCCCBr)c2ccccc2-c2ccccc21. The number of hydrogen-bond donors (Lipinski definition) is 3. The number of alkyl halides is 7. The van der Waals surface area contributed by atoms with E-state index in [0.717, 1.165) is 78.5 Å². The molecule has 1 heterocycles. The van der Waals surface area contributed by atoms with Gasteiger partial charge in [-0.3, -0.25) is 9.59 Å². The first kappa shape index (κ1) is 38.1. The minimum atomic E-state index is -4.44. The van der Waals surface area contributed by atoms with Gasteiger partial charge in [-0.25, -0.2) is 0 Å². The third-order valence-corrected chi connectivity index (χ3v) is 9.77. The predicted molar refractivity (Wildman–Crippen MR) is 190 cm³/mol. The first-order chi connectivity index (χ1) is 24.3. The maximum atomic E-state index is 13.1. The molecule has 0 radical (unpaired) electrons. The van der Waals surface area contributed by atoms with Crippen LogP contribution in [0.3, 0.4) is 0 Å². The minimum absolute atomic E-state index is 0.120. The zero-order chi connectivity index (χ0) is 36.6.